The van der Waals surface area contributed by atoms with Gasteiger partial charge in [-0.05, 0) is 35.4 Å². The Labute approximate surface area is 166 Å². The molecule has 0 aliphatic rings. The lowest BCUT2D eigenvalue weighted by atomic mass is 10.1. The first-order chi connectivity index (χ1) is 13.6. The third kappa shape index (κ3) is 5.44. The number of nitrogens with one attached hydrogen (secondary N) is 1. The van der Waals surface area contributed by atoms with E-state index in [-0.39, 0.29) is 27.4 Å². The second-order valence-electron chi connectivity index (χ2n) is 5.37. The molecule has 0 unspecified atom stereocenters. The number of rotatable bonds is 8. The molecule has 0 radical (unpaired) electrons. The van der Waals surface area contributed by atoms with Gasteiger partial charge in [-0.2, -0.15) is 21.8 Å². The minimum Gasteiger partial charge on any atom is -0.329 e. The number of hydrogen-bond acceptors (Lipinski definition) is 8. The van der Waals surface area contributed by atoms with E-state index in [1.807, 2.05) is 0 Å². The van der Waals surface area contributed by atoms with Gasteiger partial charge in [0, 0.05) is 5.69 Å². The molecule has 0 atom stereocenters. The molecule has 0 saturated carbocycles. The molecule has 0 fully saturated rings. The van der Waals surface area contributed by atoms with E-state index >= 15 is 0 Å². The zero-order chi connectivity index (χ0) is 21.7. The normalized spacial score (nSPS) is 11.8. The Hall–Kier alpha value is -3.15. The molecule has 152 valence electrons. The number of anilines is 1. The average molecular weight is 438 g/mol. The van der Waals surface area contributed by atoms with E-state index in [4.69, 9.17) is 0 Å². The summed E-state index contributed by atoms with van der Waals surface area (Å²) >= 11 is 0. The molecule has 12 heteroatoms. The first-order valence-corrected chi connectivity index (χ1v) is 10.5. The monoisotopic (exact) mass is 438 g/mol. The van der Waals surface area contributed by atoms with E-state index in [1.165, 1.54) is 42.5 Å². The van der Waals surface area contributed by atoms with Crippen LogP contribution in [0.15, 0.2) is 51.2 Å². The summed E-state index contributed by atoms with van der Waals surface area (Å²) < 4.78 is 61.5. The van der Waals surface area contributed by atoms with Gasteiger partial charge < -0.3 is 5.32 Å². The topological polar surface area (TPSA) is 156 Å². The molecule has 29 heavy (non-hydrogen) atoms. The molecule has 0 spiro atoms. The second kappa shape index (κ2) is 8.90. The first-order valence-electron chi connectivity index (χ1n) is 7.64. The molecular weight excluding hydrogens is 424 g/mol. The van der Waals surface area contributed by atoms with Crippen molar-refractivity contribution in [3.63, 3.8) is 0 Å². The Morgan fingerprint density at radius 3 is 2.21 bits per heavy atom. The maximum absolute atomic E-state index is 12.2. The third-order valence-corrected chi connectivity index (χ3v) is 5.86. The van der Waals surface area contributed by atoms with E-state index in [0.717, 1.165) is 19.2 Å². The first kappa shape index (κ1) is 22.1. The summed E-state index contributed by atoms with van der Waals surface area (Å²) in [7, 11) is -7.88. The summed E-state index contributed by atoms with van der Waals surface area (Å²) in [6, 6.07) is 7.49. The summed E-state index contributed by atoms with van der Waals surface area (Å²) in [4.78, 5) is 23.5. The number of amides is 1. The molecule has 2 N–H and O–H groups in total. The summed E-state index contributed by atoms with van der Waals surface area (Å²) in [5.41, 5.74) is 0.284. The van der Waals surface area contributed by atoms with Crippen LogP contribution >= 0.6 is 0 Å². The number of carbonyl (C=O) groups is 1. The Balaban J connectivity index is 2.62. The molecule has 10 nitrogen and oxygen atoms in total. The molecule has 2 rings (SSSR count). The van der Waals surface area contributed by atoms with Crippen molar-refractivity contribution < 1.29 is 35.2 Å². The van der Waals surface area contributed by atoms with Crippen molar-refractivity contribution in [1.29, 1.82) is 0 Å². The Morgan fingerprint density at radius 1 is 1.03 bits per heavy atom. The van der Waals surface area contributed by atoms with Crippen molar-refractivity contribution in [3.8, 4) is 0 Å². The average Bonchev–Trinajstić information content (AvgIpc) is 2.67. The predicted molar refractivity (Wildman–Crippen MR) is 103 cm³/mol. The van der Waals surface area contributed by atoms with Crippen molar-refractivity contribution in [2.75, 3.05) is 12.4 Å². The van der Waals surface area contributed by atoms with Crippen LogP contribution in [0.25, 0.3) is 12.2 Å². The largest absolute Gasteiger partial charge is 0.329 e. The SMILES string of the molecule is COS(=O)(=O)c1cc(N=C=O)ccc1/C=C/c1ccc(NC=O)cc1S(=O)(=O)O. The standard InChI is InChI=1S/C17H14N2O8S2/c1-27-29(25,26)17-9-15(19-11-21)7-5-13(17)3-2-12-4-6-14(18-10-20)8-16(12)28(22,23)24/h2-10H,1H3,(H,18,20)(H,22,23,24)/b3-2+. The number of aliphatic imine (C=N–C) groups is 1. The van der Waals surface area contributed by atoms with Crippen LogP contribution < -0.4 is 5.32 Å². The van der Waals surface area contributed by atoms with Crippen LogP contribution in [0, 0.1) is 0 Å². The lowest BCUT2D eigenvalue weighted by Gasteiger charge is -2.08. The summed E-state index contributed by atoms with van der Waals surface area (Å²) in [5.74, 6) is 0. The summed E-state index contributed by atoms with van der Waals surface area (Å²) in [5, 5.41) is 2.26. The highest BCUT2D eigenvalue weighted by Crippen LogP contribution is 2.27. The molecule has 0 heterocycles. The number of hydrogen-bond donors (Lipinski definition) is 2. The van der Waals surface area contributed by atoms with Gasteiger partial charge in [-0.1, -0.05) is 24.3 Å². The molecular formula is C17H14N2O8S2. The van der Waals surface area contributed by atoms with Gasteiger partial charge >= 0.3 is 0 Å². The maximum Gasteiger partial charge on any atom is 0.297 e. The molecule has 0 aliphatic carbocycles. The van der Waals surface area contributed by atoms with Gasteiger partial charge in [0.25, 0.3) is 20.2 Å². The number of isocyanates is 1. The van der Waals surface area contributed by atoms with Crippen LogP contribution in [0.5, 0.6) is 0 Å². The number of nitrogens with zero attached hydrogens (tertiary/aromatic N) is 1. The van der Waals surface area contributed by atoms with E-state index in [2.05, 4.69) is 14.5 Å². The molecule has 2 aromatic rings. The predicted octanol–water partition coefficient (Wildman–Crippen LogP) is 1.97. The van der Waals surface area contributed by atoms with E-state index in [1.54, 1.807) is 0 Å². The molecule has 0 bridgehead atoms. The van der Waals surface area contributed by atoms with Gasteiger partial charge in [0.1, 0.15) is 9.79 Å². The number of carbonyl (C=O) groups excluding carboxylic acids is 2. The minimum absolute atomic E-state index is 0.0238. The van der Waals surface area contributed by atoms with Crippen molar-refractivity contribution in [1.82, 2.24) is 0 Å². The zero-order valence-corrected chi connectivity index (χ0v) is 16.4. The van der Waals surface area contributed by atoms with E-state index in [0.29, 0.717) is 6.41 Å². The summed E-state index contributed by atoms with van der Waals surface area (Å²) in [6.45, 7) is 0. The van der Waals surface area contributed by atoms with Crippen molar-refractivity contribution in [2.45, 2.75) is 9.79 Å². The van der Waals surface area contributed by atoms with Gasteiger partial charge in [0.05, 0.1) is 12.8 Å². The Bertz CT molecular complexity index is 1230. The highest BCUT2D eigenvalue weighted by molar-refractivity contribution is 7.86. The molecule has 0 aliphatic heterocycles. The lowest BCUT2D eigenvalue weighted by molar-refractivity contribution is -0.105. The van der Waals surface area contributed by atoms with Crippen LogP contribution in [0.3, 0.4) is 0 Å². The molecule has 0 saturated heterocycles. The van der Waals surface area contributed by atoms with Crippen molar-refractivity contribution in [3.05, 3.63) is 47.5 Å². The molecule has 0 aromatic heterocycles. The smallest absolute Gasteiger partial charge is 0.297 e. The van der Waals surface area contributed by atoms with Gasteiger partial charge in [0.2, 0.25) is 12.5 Å². The fraction of sp³-hybridized carbons (Fsp3) is 0.0588. The van der Waals surface area contributed by atoms with Crippen LogP contribution in [0.4, 0.5) is 11.4 Å². The Morgan fingerprint density at radius 2 is 1.66 bits per heavy atom. The van der Waals surface area contributed by atoms with E-state index < -0.39 is 25.1 Å². The summed E-state index contributed by atoms with van der Waals surface area (Å²) in [6.07, 6.45) is 4.16. The quantitative estimate of drug-likeness (QED) is 0.158. The fourth-order valence-corrected chi connectivity index (χ4v) is 3.90. The number of benzene rings is 2. The Kier molecular flexibility index (Phi) is 6.80. The van der Waals surface area contributed by atoms with Crippen LogP contribution in [0.2, 0.25) is 0 Å². The zero-order valence-electron chi connectivity index (χ0n) is 14.8. The molecule has 2 aromatic carbocycles. The van der Waals surface area contributed by atoms with Crippen LogP contribution in [-0.2, 0) is 34.0 Å². The fourth-order valence-electron chi connectivity index (χ4n) is 2.32. The maximum atomic E-state index is 12.2. The highest BCUT2D eigenvalue weighted by Gasteiger charge is 2.19. The highest BCUT2D eigenvalue weighted by atomic mass is 32.2. The second-order valence-corrected chi connectivity index (χ2v) is 8.44. The van der Waals surface area contributed by atoms with Crippen molar-refractivity contribution in [2.24, 2.45) is 4.99 Å². The van der Waals surface area contributed by atoms with Gasteiger partial charge in [-0.15, -0.1) is 0 Å². The van der Waals surface area contributed by atoms with E-state index in [9.17, 15) is 31.0 Å². The van der Waals surface area contributed by atoms with Crippen LogP contribution in [0.1, 0.15) is 11.1 Å². The van der Waals surface area contributed by atoms with Gasteiger partial charge in [-0.3, -0.25) is 13.5 Å². The minimum atomic E-state index is -4.64. The molecule has 1 amide bonds. The van der Waals surface area contributed by atoms with Crippen molar-refractivity contribution >= 4 is 56.3 Å². The third-order valence-electron chi connectivity index (χ3n) is 3.62. The van der Waals surface area contributed by atoms with Gasteiger partial charge in [-0.25, -0.2) is 4.79 Å². The van der Waals surface area contributed by atoms with Crippen LogP contribution in [-0.4, -0.2) is 41.0 Å². The lowest BCUT2D eigenvalue weighted by Crippen LogP contribution is -2.05. The van der Waals surface area contributed by atoms with Gasteiger partial charge in [0.15, 0.2) is 0 Å².